The van der Waals surface area contributed by atoms with Gasteiger partial charge in [0.05, 0.1) is 24.5 Å². The van der Waals surface area contributed by atoms with Gasteiger partial charge in [-0.2, -0.15) is 0 Å². The van der Waals surface area contributed by atoms with Crippen molar-refractivity contribution >= 4 is 23.2 Å². The highest BCUT2D eigenvalue weighted by atomic mass is 16.5. The van der Waals surface area contributed by atoms with Gasteiger partial charge in [-0.1, -0.05) is 0 Å². The molecule has 0 saturated carbocycles. The molecule has 1 aromatic rings. The number of nitrogens with one attached hydrogen (secondary N) is 1. The number of carbonyl (C=O) groups is 2. The summed E-state index contributed by atoms with van der Waals surface area (Å²) in [6.45, 7) is 1.02. The lowest BCUT2D eigenvalue weighted by Gasteiger charge is -2.21. The first-order valence-corrected chi connectivity index (χ1v) is 6.11. The van der Waals surface area contributed by atoms with Gasteiger partial charge in [0.15, 0.2) is 0 Å². The zero-order valence-corrected chi connectivity index (χ0v) is 11.7. The average Bonchev–Trinajstić information content (AvgIpc) is 2.39. The molecular formula is C13H20N4O3. The van der Waals surface area contributed by atoms with Crippen molar-refractivity contribution in [3.63, 3.8) is 0 Å². The third-order valence-corrected chi connectivity index (χ3v) is 2.74. The smallest absolute Gasteiger partial charge is 0.248 e. The minimum atomic E-state index is -0.538. The fraction of sp³-hybridized carbons (Fsp3) is 0.385. The van der Waals surface area contributed by atoms with E-state index < -0.39 is 5.91 Å². The minimum absolute atomic E-state index is 0.121. The van der Waals surface area contributed by atoms with E-state index in [-0.39, 0.29) is 12.5 Å². The van der Waals surface area contributed by atoms with Crippen LogP contribution in [0.1, 0.15) is 10.4 Å². The summed E-state index contributed by atoms with van der Waals surface area (Å²) in [6, 6.07) is 4.71. The van der Waals surface area contributed by atoms with Crippen LogP contribution in [0.4, 0.5) is 11.4 Å². The Hall–Kier alpha value is -2.28. The van der Waals surface area contributed by atoms with Crippen LogP contribution in [0.2, 0.25) is 0 Å². The van der Waals surface area contributed by atoms with Crippen molar-refractivity contribution in [3.8, 4) is 0 Å². The first kappa shape index (κ1) is 15.8. The van der Waals surface area contributed by atoms with Crippen LogP contribution < -0.4 is 21.7 Å². The second-order valence-electron chi connectivity index (χ2n) is 4.34. The van der Waals surface area contributed by atoms with Crippen LogP contribution in [-0.4, -0.2) is 45.7 Å². The Morgan fingerprint density at radius 3 is 2.70 bits per heavy atom. The Balaban J connectivity index is 2.71. The van der Waals surface area contributed by atoms with E-state index in [2.05, 4.69) is 5.32 Å². The van der Waals surface area contributed by atoms with E-state index >= 15 is 0 Å². The summed E-state index contributed by atoms with van der Waals surface area (Å²) in [4.78, 5) is 24.5. The predicted octanol–water partition coefficient (Wildman–Crippen LogP) is -0.433. The first-order valence-electron chi connectivity index (χ1n) is 6.11. The van der Waals surface area contributed by atoms with Crippen molar-refractivity contribution in [2.45, 2.75) is 0 Å². The molecule has 0 heterocycles. The maximum atomic E-state index is 11.7. The van der Waals surface area contributed by atoms with Crippen molar-refractivity contribution in [3.05, 3.63) is 23.8 Å². The highest BCUT2D eigenvalue weighted by Gasteiger charge is 2.12. The highest BCUT2D eigenvalue weighted by molar-refractivity contribution is 5.95. The first-order chi connectivity index (χ1) is 9.45. The molecule has 7 nitrogen and oxygen atoms in total. The molecule has 0 aliphatic carbocycles. The third-order valence-electron chi connectivity index (χ3n) is 2.74. The highest BCUT2D eigenvalue weighted by Crippen LogP contribution is 2.23. The summed E-state index contributed by atoms with van der Waals surface area (Å²) in [5.41, 5.74) is 12.5. The molecule has 5 N–H and O–H groups in total. The summed E-state index contributed by atoms with van der Waals surface area (Å²) in [5, 5.41) is 2.70. The number of benzene rings is 1. The van der Waals surface area contributed by atoms with Crippen LogP contribution in [0.25, 0.3) is 0 Å². The quantitative estimate of drug-likeness (QED) is 0.463. The molecule has 20 heavy (non-hydrogen) atoms. The van der Waals surface area contributed by atoms with Gasteiger partial charge in [-0.3, -0.25) is 9.59 Å². The number of methoxy groups -OCH3 is 1. The molecule has 7 heteroatoms. The van der Waals surface area contributed by atoms with Gasteiger partial charge in [0.2, 0.25) is 11.8 Å². The molecule has 110 valence electrons. The molecule has 0 atom stereocenters. The lowest BCUT2D eigenvalue weighted by molar-refractivity contribution is -0.119. The van der Waals surface area contributed by atoms with Crippen LogP contribution in [-0.2, 0) is 9.53 Å². The SMILES string of the molecule is COCCNC(=O)CN(C)c1cc(C(N)=O)ccc1N. The number of nitrogens with zero attached hydrogens (tertiary/aromatic N) is 1. The third kappa shape index (κ3) is 4.43. The van der Waals surface area contributed by atoms with Crippen LogP contribution in [0.3, 0.4) is 0 Å². The van der Waals surface area contributed by atoms with Crippen molar-refractivity contribution in [1.82, 2.24) is 5.32 Å². The number of primary amides is 1. The van der Waals surface area contributed by atoms with E-state index in [0.29, 0.717) is 30.1 Å². The minimum Gasteiger partial charge on any atom is -0.397 e. The Bertz CT molecular complexity index is 491. The second kappa shape index (κ2) is 7.34. The summed E-state index contributed by atoms with van der Waals surface area (Å²) in [5.74, 6) is -0.697. The number of hydrogen-bond donors (Lipinski definition) is 3. The molecule has 0 fully saturated rings. The van der Waals surface area contributed by atoms with Gasteiger partial charge in [-0.05, 0) is 18.2 Å². The van der Waals surface area contributed by atoms with Gasteiger partial charge in [0, 0.05) is 26.3 Å². The van der Waals surface area contributed by atoms with E-state index in [1.165, 1.54) is 0 Å². The lowest BCUT2D eigenvalue weighted by atomic mass is 10.1. The summed E-state index contributed by atoms with van der Waals surface area (Å²) >= 11 is 0. The molecule has 0 aromatic heterocycles. The fourth-order valence-corrected chi connectivity index (χ4v) is 1.68. The fourth-order valence-electron chi connectivity index (χ4n) is 1.68. The predicted molar refractivity (Wildman–Crippen MR) is 77.5 cm³/mol. The van der Waals surface area contributed by atoms with Gasteiger partial charge in [0.25, 0.3) is 0 Å². The maximum absolute atomic E-state index is 11.7. The molecule has 0 spiro atoms. The number of nitrogen functional groups attached to an aromatic ring is 1. The largest absolute Gasteiger partial charge is 0.397 e. The normalized spacial score (nSPS) is 10.1. The van der Waals surface area contributed by atoms with E-state index in [1.807, 2.05) is 0 Å². The van der Waals surface area contributed by atoms with E-state index in [0.717, 1.165) is 0 Å². The molecule has 0 unspecified atom stereocenters. The van der Waals surface area contributed by atoms with E-state index in [1.54, 1.807) is 37.3 Å². The van der Waals surface area contributed by atoms with E-state index in [4.69, 9.17) is 16.2 Å². The van der Waals surface area contributed by atoms with E-state index in [9.17, 15) is 9.59 Å². The number of ether oxygens (including phenoxy) is 1. The summed E-state index contributed by atoms with van der Waals surface area (Å²) < 4.78 is 4.84. The van der Waals surface area contributed by atoms with Gasteiger partial charge in [0.1, 0.15) is 0 Å². The topological polar surface area (TPSA) is 111 Å². The average molecular weight is 280 g/mol. The van der Waals surface area contributed by atoms with Gasteiger partial charge < -0.3 is 26.4 Å². The molecule has 0 saturated heterocycles. The molecule has 0 radical (unpaired) electrons. The van der Waals surface area contributed by atoms with Crippen LogP contribution in [0.15, 0.2) is 18.2 Å². The van der Waals surface area contributed by atoms with Crippen molar-refractivity contribution < 1.29 is 14.3 Å². The van der Waals surface area contributed by atoms with Crippen LogP contribution in [0, 0.1) is 0 Å². The van der Waals surface area contributed by atoms with Crippen molar-refractivity contribution in [1.29, 1.82) is 0 Å². The van der Waals surface area contributed by atoms with Crippen molar-refractivity contribution in [2.24, 2.45) is 5.73 Å². The molecule has 0 bridgehead atoms. The van der Waals surface area contributed by atoms with Crippen molar-refractivity contribution in [2.75, 3.05) is 44.5 Å². The Kier molecular flexibility index (Phi) is 5.79. The number of amides is 2. The lowest BCUT2D eigenvalue weighted by Crippen LogP contribution is -2.37. The maximum Gasteiger partial charge on any atom is 0.248 e. The van der Waals surface area contributed by atoms with Gasteiger partial charge >= 0.3 is 0 Å². The zero-order valence-electron chi connectivity index (χ0n) is 11.7. The van der Waals surface area contributed by atoms with Gasteiger partial charge in [-0.25, -0.2) is 0 Å². The molecule has 2 amide bonds. The summed E-state index contributed by atoms with van der Waals surface area (Å²) in [7, 11) is 3.28. The Morgan fingerprint density at radius 2 is 2.10 bits per heavy atom. The second-order valence-corrected chi connectivity index (χ2v) is 4.34. The number of anilines is 2. The molecule has 1 rings (SSSR count). The molecular weight excluding hydrogens is 260 g/mol. The molecule has 0 aliphatic rings. The number of nitrogens with two attached hydrogens (primary N) is 2. The monoisotopic (exact) mass is 280 g/mol. The number of hydrogen-bond acceptors (Lipinski definition) is 5. The summed E-state index contributed by atoms with van der Waals surface area (Å²) in [6.07, 6.45) is 0. The molecule has 1 aromatic carbocycles. The van der Waals surface area contributed by atoms with Crippen LogP contribution in [0.5, 0.6) is 0 Å². The Morgan fingerprint density at radius 1 is 1.40 bits per heavy atom. The molecule has 0 aliphatic heterocycles. The standard InChI is InChI=1S/C13H20N4O3/c1-17(8-12(18)16-5-6-20-2)11-7-9(13(15)19)3-4-10(11)14/h3-4,7H,5-6,8,14H2,1-2H3,(H2,15,19)(H,16,18). The van der Waals surface area contributed by atoms with Gasteiger partial charge in [-0.15, -0.1) is 0 Å². The number of rotatable bonds is 7. The number of likely N-dealkylation sites (N-methyl/N-ethyl adjacent to an activating group) is 1. The Labute approximate surface area is 117 Å². The number of carbonyl (C=O) groups excluding carboxylic acids is 2. The van der Waals surface area contributed by atoms with Crippen LogP contribution >= 0.6 is 0 Å². The zero-order chi connectivity index (χ0) is 15.1.